The van der Waals surface area contributed by atoms with Crippen LogP contribution in [0.4, 0.5) is 11.4 Å². The number of ether oxygens (including phenoxy) is 1. The second-order valence-corrected chi connectivity index (χ2v) is 5.16. The molecular weight excluding hydrogens is 336 g/mol. The number of esters is 1. The summed E-state index contributed by atoms with van der Waals surface area (Å²) < 4.78 is 4.87. The molecule has 124 valence electrons. The van der Waals surface area contributed by atoms with Gasteiger partial charge in [-0.3, -0.25) is 4.79 Å². The number of carbonyl (C=O) groups is 3. The Morgan fingerprint density at radius 1 is 1.17 bits per heavy atom. The number of nitrogens with two attached hydrogens (primary N) is 1. The van der Waals surface area contributed by atoms with Gasteiger partial charge < -0.3 is 20.9 Å². The van der Waals surface area contributed by atoms with Crippen LogP contribution in [0.5, 0.6) is 0 Å². The molecule has 0 heterocycles. The first-order valence-electron chi connectivity index (χ1n) is 6.72. The fourth-order valence-electron chi connectivity index (χ4n) is 1.84. The second kappa shape index (κ2) is 7.47. The molecule has 0 saturated carbocycles. The Morgan fingerprint density at radius 3 is 2.58 bits per heavy atom. The highest BCUT2D eigenvalue weighted by Gasteiger charge is 2.13. The number of nitrogen functional groups attached to an aromatic ring is 1. The van der Waals surface area contributed by atoms with Gasteiger partial charge in [-0.25, -0.2) is 9.59 Å². The standard InChI is InChI=1S/C16H13ClN2O5/c17-13-5-4-11(7-12(13)15(21)22)19-14(20)8-24-16(23)9-2-1-3-10(18)6-9/h1-7H,8,18H2,(H,19,20)(H,21,22). The van der Waals surface area contributed by atoms with Crippen molar-refractivity contribution in [3.05, 3.63) is 58.6 Å². The van der Waals surface area contributed by atoms with E-state index in [1.165, 1.54) is 30.3 Å². The lowest BCUT2D eigenvalue weighted by Crippen LogP contribution is -2.21. The number of carbonyl (C=O) groups excluding carboxylic acids is 2. The van der Waals surface area contributed by atoms with Crippen LogP contribution in [-0.2, 0) is 9.53 Å². The van der Waals surface area contributed by atoms with Crippen LogP contribution in [0.1, 0.15) is 20.7 Å². The van der Waals surface area contributed by atoms with Gasteiger partial charge >= 0.3 is 11.9 Å². The summed E-state index contributed by atoms with van der Waals surface area (Å²) in [5, 5.41) is 11.4. The van der Waals surface area contributed by atoms with Gasteiger partial charge in [-0.1, -0.05) is 17.7 Å². The molecule has 2 aromatic rings. The topological polar surface area (TPSA) is 119 Å². The number of benzene rings is 2. The van der Waals surface area contributed by atoms with Crippen molar-refractivity contribution in [2.75, 3.05) is 17.7 Å². The largest absolute Gasteiger partial charge is 0.478 e. The zero-order valence-corrected chi connectivity index (χ0v) is 13.0. The molecule has 0 radical (unpaired) electrons. The molecule has 0 aliphatic carbocycles. The molecule has 0 fully saturated rings. The zero-order valence-electron chi connectivity index (χ0n) is 12.3. The minimum Gasteiger partial charge on any atom is -0.478 e. The number of carboxylic acids is 1. The van der Waals surface area contributed by atoms with E-state index >= 15 is 0 Å². The summed E-state index contributed by atoms with van der Waals surface area (Å²) in [5.41, 5.74) is 6.26. The van der Waals surface area contributed by atoms with Crippen LogP contribution in [0, 0.1) is 0 Å². The average Bonchev–Trinajstić information content (AvgIpc) is 2.54. The lowest BCUT2D eigenvalue weighted by molar-refractivity contribution is -0.119. The van der Waals surface area contributed by atoms with Gasteiger partial charge in [0.1, 0.15) is 0 Å². The Kier molecular flexibility index (Phi) is 5.39. The SMILES string of the molecule is Nc1cccc(C(=O)OCC(=O)Nc2ccc(Cl)c(C(=O)O)c2)c1. The molecule has 1 amide bonds. The van der Waals surface area contributed by atoms with Crippen molar-refractivity contribution in [2.45, 2.75) is 0 Å². The lowest BCUT2D eigenvalue weighted by Gasteiger charge is -2.08. The number of nitrogens with one attached hydrogen (secondary N) is 1. The van der Waals surface area contributed by atoms with Crippen LogP contribution in [-0.4, -0.2) is 29.6 Å². The molecule has 0 aliphatic rings. The van der Waals surface area contributed by atoms with Gasteiger partial charge in [0.05, 0.1) is 16.1 Å². The molecule has 0 aliphatic heterocycles. The number of hydrogen-bond donors (Lipinski definition) is 3. The highest BCUT2D eigenvalue weighted by molar-refractivity contribution is 6.33. The number of aromatic carboxylic acids is 1. The molecule has 24 heavy (non-hydrogen) atoms. The first kappa shape index (κ1) is 17.3. The average molecular weight is 349 g/mol. The minimum atomic E-state index is -1.22. The number of rotatable bonds is 5. The highest BCUT2D eigenvalue weighted by atomic mass is 35.5. The molecule has 0 bridgehead atoms. The summed E-state index contributed by atoms with van der Waals surface area (Å²) in [7, 11) is 0. The van der Waals surface area contributed by atoms with Gasteiger partial charge in [-0.05, 0) is 36.4 Å². The number of hydrogen-bond acceptors (Lipinski definition) is 5. The summed E-state index contributed by atoms with van der Waals surface area (Å²) in [4.78, 5) is 34.6. The molecule has 4 N–H and O–H groups in total. The molecule has 2 rings (SSSR count). The maximum absolute atomic E-state index is 11.8. The summed E-state index contributed by atoms with van der Waals surface area (Å²) in [6, 6.07) is 10.1. The lowest BCUT2D eigenvalue weighted by atomic mass is 10.2. The third-order valence-electron chi connectivity index (χ3n) is 2.94. The molecule has 0 aromatic heterocycles. The molecule has 0 spiro atoms. The van der Waals surface area contributed by atoms with Gasteiger partial charge in [0, 0.05) is 11.4 Å². The van der Waals surface area contributed by atoms with E-state index in [1.54, 1.807) is 12.1 Å². The van der Waals surface area contributed by atoms with Crippen LogP contribution >= 0.6 is 11.6 Å². The van der Waals surface area contributed by atoms with Gasteiger partial charge in [0.2, 0.25) is 0 Å². The Labute approximate surface area is 142 Å². The van der Waals surface area contributed by atoms with Crippen LogP contribution < -0.4 is 11.1 Å². The summed E-state index contributed by atoms with van der Waals surface area (Å²) in [6.45, 7) is -0.529. The van der Waals surface area contributed by atoms with E-state index in [9.17, 15) is 14.4 Å². The van der Waals surface area contributed by atoms with Crippen LogP contribution in [0.3, 0.4) is 0 Å². The van der Waals surface area contributed by atoms with Crippen molar-refractivity contribution in [3.63, 3.8) is 0 Å². The fourth-order valence-corrected chi connectivity index (χ4v) is 2.04. The van der Waals surface area contributed by atoms with Crippen molar-refractivity contribution in [3.8, 4) is 0 Å². The van der Waals surface area contributed by atoms with E-state index < -0.39 is 24.5 Å². The first-order chi connectivity index (χ1) is 11.4. The highest BCUT2D eigenvalue weighted by Crippen LogP contribution is 2.20. The molecule has 2 aromatic carbocycles. The molecule has 0 unspecified atom stereocenters. The maximum Gasteiger partial charge on any atom is 0.338 e. The quantitative estimate of drug-likeness (QED) is 0.564. The molecule has 0 saturated heterocycles. The van der Waals surface area contributed by atoms with Crippen molar-refractivity contribution >= 4 is 40.8 Å². The smallest absolute Gasteiger partial charge is 0.338 e. The monoisotopic (exact) mass is 348 g/mol. The Morgan fingerprint density at radius 2 is 1.92 bits per heavy atom. The number of amides is 1. The van der Waals surface area contributed by atoms with Crippen molar-refractivity contribution < 1.29 is 24.2 Å². The van der Waals surface area contributed by atoms with Crippen LogP contribution in [0.15, 0.2) is 42.5 Å². The Bertz CT molecular complexity index is 807. The molecule has 0 atom stereocenters. The Hall–Kier alpha value is -3.06. The third kappa shape index (κ3) is 4.47. The summed E-state index contributed by atoms with van der Waals surface area (Å²) in [5.74, 6) is -2.53. The van der Waals surface area contributed by atoms with Gasteiger partial charge in [-0.2, -0.15) is 0 Å². The van der Waals surface area contributed by atoms with Crippen molar-refractivity contribution in [1.82, 2.24) is 0 Å². The van der Waals surface area contributed by atoms with E-state index in [2.05, 4.69) is 5.32 Å². The second-order valence-electron chi connectivity index (χ2n) is 4.75. The maximum atomic E-state index is 11.8. The first-order valence-corrected chi connectivity index (χ1v) is 7.10. The van der Waals surface area contributed by atoms with Crippen LogP contribution in [0.2, 0.25) is 5.02 Å². The fraction of sp³-hybridized carbons (Fsp3) is 0.0625. The molecule has 8 heteroatoms. The van der Waals surface area contributed by atoms with E-state index in [1.807, 2.05) is 0 Å². The number of anilines is 2. The Balaban J connectivity index is 1.95. The third-order valence-corrected chi connectivity index (χ3v) is 3.27. The molecule has 7 nitrogen and oxygen atoms in total. The van der Waals surface area contributed by atoms with Gasteiger partial charge in [0.25, 0.3) is 5.91 Å². The minimum absolute atomic E-state index is 0.0496. The number of halogens is 1. The van der Waals surface area contributed by atoms with Crippen LogP contribution in [0.25, 0.3) is 0 Å². The summed E-state index contributed by atoms with van der Waals surface area (Å²) in [6.07, 6.45) is 0. The van der Waals surface area contributed by atoms with Gasteiger partial charge in [-0.15, -0.1) is 0 Å². The van der Waals surface area contributed by atoms with Crippen molar-refractivity contribution in [1.29, 1.82) is 0 Å². The van der Waals surface area contributed by atoms with E-state index in [-0.39, 0.29) is 21.8 Å². The van der Waals surface area contributed by atoms with Crippen molar-refractivity contribution in [2.24, 2.45) is 0 Å². The zero-order chi connectivity index (χ0) is 17.7. The summed E-state index contributed by atoms with van der Waals surface area (Å²) >= 11 is 5.74. The predicted octanol–water partition coefficient (Wildman–Crippen LogP) is 2.42. The predicted molar refractivity (Wildman–Crippen MR) is 88.2 cm³/mol. The van der Waals surface area contributed by atoms with E-state index in [0.29, 0.717) is 5.69 Å². The van der Waals surface area contributed by atoms with E-state index in [4.69, 9.17) is 27.2 Å². The van der Waals surface area contributed by atoms with E-state index in [0.717, 1.165) is 0 Å². The van der Waals surface area contributed by atoms with Gasteiger partial charge in [0.15, 0.2) is 6.61 Å². The normalized spacial score (nSPS) is 10.0. The molecular formula is C16H13ClN2O5. The number of carboxylic acid groups (broad SMARTS) is 1.